The summed E-state index contributed by atoms with van der Waals surface area (Å²) >= 11 is 0. The lowest BCUT2D eigenvalue weighted by Gasteiger charge is -2.22. The molecule has 1 N–H and O–H groups in total. The van der Waals surface area contributed by atoms with Gasteiger partial charge in [0.15, 0.2) is 0 Å². The first kappa shape index (κ1) is 16.9. The molecule has 0 unspecified atom stereocenters. The molecule has 7 heteroatoms. The van der Waals surface area contributed by atoms with Crippen molar-refractivity contribution in [1.29, 1.82) is 0 Å². The molecule has 0 aromatic heterocycles. The maximum atomic E-state index is 13.0. The Morgan fingerprint density at radius 3 is 2.30 bits per heavy atom. The predicted molar refractivity (Wildman–Crippen MR) is 83.3 cm³/mol. The standard InChI is InChI=1S/C16H20FN3O3/c1-10-14(22)19(9-13(21)18-16(2,3)4)15(23)20(10)12-7-5-11(17)6-8-12/h5-8,10H,9H2,1-4H3,(H,18,21)/t10-/m0/s1. The highest BCUT2D eigenvalue weighted by atomic mass is 19.1. The van der Waals surface area contributed by atoms with Crippen LogP contribution in [0.2, 0.25) is 0 Å². The molecular weight excluding hydrogens is 301 g/mol. The molecule has 1 atom stereocenters. The zero-order valence-electron chi connectivity index (χ0n) is 13.6. The number of hydrogen-bond acceptors (Lipinski definition) is 3. The lowest BCUT2D eigenvalue weighted by atomic mass is 10.1. The first-order chi connectivity index (χ1) is 10.6. The van der Waals surface area contributed by atoms with Crippen molar-refractivity contribution in [2.45, 2.75) is 39.3 Å². The number of benzene rings is 1. The average molecular weight is 321 g/mol. The van der Waals surface area contributed by atoms with E-state index in [-0.39, 0.29) is 6.54 Å². The second kappa shape index (κ2) is 5.98. The van der Waals surface area contributed by atoms with E-state index in [4.69, 9.17) is 0 Å². The van der Waals surface area contributed by atoms with E-state index in [1.165, 1.54) is 29.2 Å². The summed E-state index contributed by atoms with van der Waals surface area (Å²) in [6.45, 7) is 6.67. The smallest absolute Gasteiger partial charge is 0.332 e. The largest absolute Gasteiger partial charge is 0.350 e. The summed E-state index contributed by atoms with van der Waals surface area (Å²) < 4.78 is 13.0. The molecular formula is C16H20FN3O3. The molecule has 2 rings (SSSR count). The van der Waals surface area contributed by atoms with Crippen LogP contribution in [0.3, 0.4) is 0 Å². The van der Waals surface area contributed by atoms with Crippen LogP contribution in [-0.2, 0) is 9.59 Å². The lowest BCUT2D eigenvalue weighted by molar-refractivity contribution is -0.132. The maximum Gasteiger partial charge on any atom is 0.332 e. The van der Waals surface area contributed by atoms with Crippen molar-refractivity contribution in [3.05, 3.63) is 30.1 Å². The topological polar surface area (TPSA) is 69.7 Å². The van der Waals surface area contributed by atoms with E-state index in [0.717, 1.165) is 4.90 Å². The van der Waals surface area contributed by atoms with Crippen molar-refractivity contribution in [3.63, 3.8) is 0 Å². The summed E-state index contributed by atoms with van der Waals surface area (Å²) in [7, 11) is 0. The molecule has 6 nitrogen and oxygen atoms in total. The number of nitrogens with zero attached hydrogens (tertiary/aromatic N) is 2. The van der Waals surface area contributed by atoms with Gasteiger partial charge in [-0.2, -0.15) is 0 Å². The van der Waals surface area contributed by atoms with Gasteiger partial charge in [-0.1, -0.05) is 0 Å². The molecule has 124 valence electrons. The first-order valence-electron chi connectivity index (χ1n) is 7.31. The molecule has 1 aromatic carbocycles. The first-order valence-corrected chi connectivity index (χ1v) is 7.31. The molecule has 1 aromatic rings. The molecule has 0 aliphatic carbocycles. The molecule has 1 saturated heterocycles. The fraction of sp³-hybridized carbons (Fsp3) is 0.438. The van der Waals surface area contributed by atoms with Gasteiger partial charge in [-0.25, -0.2) is 9.18 Å². The van der Waals surface area contributed by atoms with E-state index in [9.17, 15) is 18.8 Å². The zero-order valence-corrected chi connectivity index (χ0v) is 13.6. The molecule has 4 amide bonds. The quantitative estimate of drug-likeness (QED) is 0.865. The number of halogens is 1. The second-order valence-electron chi connectivity index (χ2n) is 6.53. The normalized spacial score (nSPS) is 18.6. The van der Waals surface area contributed by atoms with Gasteiger partial charge in [-0.05, 0) is 52.0 Å². The number of amides is 4. The van der Waals surface area contributed by atoms with Crippen LogP contribution in [0.5, 0.6) is 0 Å². The Kier molecular flexibility index (Phi) is 4.40. The Balaban J connectivity index is 2.18. The Labute approximate surface area is 134 Å². The third-order valence-electron chi connectivity index (χ3n) is 3.37. The Morgan fingerprint density at radius 1 is 1.22 bits per heavy atom. The Bertz CT molecular complexity index is 637. The fourth-order valence-corrected chi connectivity index (χ4v) is 2.41. The number of hydrogen-bond donors (Lipinski definition) is 1. The van der Waals surface area contributed by atoms with Gasteiger partial charge in [0.1, 0.15) is 18.4 Å². The number of urea groups is 1. The molecule has 0 spiro atoms. The molecule has 0 radical (unpaired) electrons. The van der Waals surface area contributed by atoms with E-state index in [1.54, 1.807) is 6.92 Å². The fourth-order valence-electron chi connectivity index (χ4n) is 2.41. The van der Waals surface area contributed by atoms with Crippen molar-refractivity contribution in [2.75, 3.05) is 11.4 Å². The molecule has 1 aliphatic rings. The van der Waals surface area contributed by atoms with Gasteiger partial charge < -0.3 is 5.32 Å². The summed E-state index contributed by atoms with van der Waals surface area (Å²) in [6, 6.07) is 3.96. The molecule has 1 fully saturated rings. The molecule has 1 aliphatic heterocycles. The average Bonchev–Trinajstić information content (AvgIpc) is 2.62. The highest BCUT2D eigenvalue weighted by Crippen LogP contribution is 2.25. The van der Waals surface area contributed by atoms with Gasteiger partial charge in [0.2, 0.25) is 5.91 Å². The number of rotatable bonds is 3. The SMILES string of the molecule is C[C@H]1C(=O)N(CC(=O)NC(C)(C)C)C(=O)N1c1ccc(F)cc1. The van der Waals surface area contributed by atoms with E-state index < -0.39 is 35.2 Å². The van der Waals surface area contributed by atoms with Gasteiger partial charge in [-0.3, -0.25) is 19.4 Å². The summed E-state index contributed by atoms with van der Waals surface area (Å²) in [5.74, 6) is -1.29. The minimum Gasteiger partial charge on any atom is -0.350 e. The van der Waals surface area contributed by atoms with Crippen LogP contribution in [0.25, 0.3) is 0 Å². The number of nitrogens with one attached hydrogen (secondary N) is 1. The summed E-state index contributed by atoms with van der Waals surface area (Å²) in [6.07, 6.45) is 0. The molecule has 0 saturated carbocycles. The van der Waals surface area contributed by atoms with Crippen molar-refractivity contribution >= 4 is 23.5 Å². The number of imide groups is 1. The second-order valence-corrected chi connectivity index (χ2v) is 6.53. The van der Waals surface area contributed by atoms with Gasteiger partial charge in [0, 0.05) is 11.2 Å². The third-order valence-corrected chi connectivity index (χ3v) is 3.37. The number of carbonyl (C=O) groups is 3. The minimum absolute atomic E-state index is 0.336. The van der Waals surface area contributed by atoms with E-state index >= 15 is 0 Å². The predicted octanol–water partition coefficient (Wildman–Crippen LogP) is 1.90. The lowest BCUT2D eigenvalue weighted by Crippen LogP contribution is -2.47. The number of carbonyl (C=O) groups excluding carboxylic acids is 3. The van der Waals surface area contributed by atoms with Crippen molar-refractivity contribution in [1.82, 2.24) is 10.2 Å². The molecule has 23 heavy (non-hydrogen) atoms. The van der Waals surface area contributed by atoms with E-state index in [2.05, 4.69) is 5.32 Å². The molecule has 1 heterocycles. The summed E-state index contributed by atoms with van der Waals surface area (Å²) in [5.41, 5.74) is -0.0403. The van der Waals surface area contributed by atoms with Crippen LogP contribution >= 0.6 is 0 Å². The van der Waals surface area contributed by atoms with Crippen LogP contribution < -0.4 is 10.2 Å². The van der Waals surface area contributed by atoms with Crippen LogP contribution in [0, 0.1) is 5.82 Å². The third kappa shape index (κ3) is 3.67. The van der Waals surface area contributed by atoms with Gasteiger partial charge >= 0.3 is 6.03 Å². The Morgan fingerprint density at radius 2 is 1.78 bits per heavy atom. The Hall–Kier alpha value is -2.44. The maximum absolute atomic E-state index is 13.0. The highest BCUT2D eigenvalue weighted by Gasteiger charge is 2.44. The summed E-state index contributed by atoms with van der Waals surface area (Å²) in [5, 5.41) is 2.71. The van der Waals surface area contributed by atoms with Crippen molar-refractivity contribution in [3.8, 4) is 0 Å². The van der Waals surface area contributed by atoms with Crippen LogP contribution in [0.15, 0.2) is 24.3 Å². The van der Waals surface area contributed by atoms with Gasteiger partial charge in [0.25, 0.3) is 5.91 Å². The monoisotopic (exact) mass is 321 g/mol. The van der Waals surface area contributed by atoms with E-state index in [0.29, 0.717) is 5.69 Å². The van der Waals surface area contributed by atoms with Crippen LogP contribution in [-0.4, -0.2) is 40.9 Å². The minimum atomic E-state index is -0.740. The van der Waals surface area contributed by atoms with Crippen LogP contribution in [0.1, 0.15) is 27.7 Å². The van der Waals surface area contributed by atoms with Crippen molar-refractivity contribution < 1.29 is 18.8 Å². The number of anilines is 1. The highest BCUT2D eigenvalue weighted by molar-refractivity contribution is 6.15. The van der Waals surface area contributed by atoms with Gasteiger partial charge in [0.05, 0.1) is 0 Å². The van der Waals surface area contributed by atoms with Crippen LogP contribution in [0.4, 0.5) is 14.9 Å². The molecule has 0 bridgehead atoms. The zero-order chi connectivity index (χ0) is 17.4. The summed E-state index contributed by atoms with van der Waals surface area (Å²) in [4.78, 5) is 38.9. The van der Waals surface area contributed by atoms with Gasteiger partial charge in [-0.15, -0.1) is 0 Å². The van der Waals surface area contributed by atoms with Crippen molar-refractivity contribution in [2.24, 2.45) is 0 Å². The van der Waals surface area contributed by atoms with E-state index in [1.807, 2.05) is 20.8 Å².